The summed E-state index contributed by atoms with van der Waals surface area (Å²) in [5.41, 5.74) is 3.51. The number of nitrogens with zero attached hydrogens (tertiary/aromatic N) is 3. The van der Waals surface area contributed by atoms with E-state index in [2.05, 4.69) is 26.7 Å². The van der Waals surface area contributed by atoms with Crippen LogP contribution in [0.5, 0.6) is 0 Å². The minimum absolute atomic E-state index is 0.572. The lowest BCUT2D eigenvalue weighted by Crippen LogP contribution is -2.09. The third kappa shape index (κ3) is 4.95. The van der Waals surface area contributed by atoms with Crippen molar-refractivity contribution in [3.8, 4) is 6.07 Å². The highest BCUT2D eigenvalue weighted by atomic mass is 35.5. The first kappa shape index (κ1) is 17.7. The molecular weight excluding hydrogens is 346 g/mol. The number of hydrogen-bond donors (Lipinski definition) is 2. The SMILES string of the molecule is Cc1cc(Nc2ccc(C#N)cc2)nc(NCCc2cccc(Cl)c2)n1. The van der Waals surface area contributed by atoms with E-state index in [9.17, 15) is 0 Å². The fourth-order valence-corrected chi connectivity index (χ4v) is 2.71. The van der Waals surface area contributed by atoms with Crippen LogP contribution in [0.4, 0.5) is 17.5 Å². The first-order valence-electron chi connectivity index (χ1n) is 8.23. The average molecular weight is 364 g/mol. The fraction of sp³-hybridized carbons (Fsp3) is 0.150. The molecule has 0 spiro atoms. The number of aromatic nitrogens is 2. The zero-order valence-electron chi connectivity index (χ0n) is 14.3. The van der Waals surface area contributed by atoms with Gasteiger partial charge in [-0.15, -0.1) is 0 Å². The van der Waals surface area contributed by atoms with Gasteiger partial charge in [-0.3, -0.25) is 0 Å². The molecule has 0 saturated heterocycles. The van der Waals surface area contributed by atoms with Crippen LogP contribution in [0.1, 0.15) is 16.8 Å². The van der Waals surface area contributed by atoms with Crippen LogP contribution in [0, 0.1) is 18.3 Å². The zero-order chi connectivity index (χ0) is 18.4. The van der Waals surface area contributed by atoms with Gasteiger partial charge in [-0.05, 0) is 55.3 Å². The van der Waals surface area contributed by atoms with Crippen molar-refractivity contribution < 1.29 is 0 Å². The molecule has 26 heavy (non-hydrogen) atoms. The van der Waals surface area contributed by atoms with Crippen molar-refractivity contribution in [3.05, 3.63) is 76.4 Å². The summed E-state index contributed by atoms with van der Waals surface area (Å²) in [5, 5.41) is 16.1. The Morgan fingerprint density at radius 2 is 1.88 bits per heavy atom. The van der Waals surface area contributed by atoms with Crippen LogP contribution < -0.4 is 10.6 Å². The lowest BCUT2D eigenvalue weighted by Gasteiger charge is -2.10. The molecule has 130 valence electrons. The van der Waals surface area contributed by atoms with Gasteiger partial charge in [-0.2, -0.15) is 10.2 Å². The van der Waals surface area contributed by atoms with Gasteiger partial charge in [0.1, 0.15) is 5.82 Å². The summed E-state index contributed by atoms with van der Waals surface area (Å²) in [6, 6.07) is 19.0. The second kappa shape index (κ2) is 8.32. The molecule has 6 heteroatoms. The van der Waals surface area contributed by atoms with Crippen LogP contribution in [0.25, 0.3) is 0 Å². The summed E-state index contributed by atoms with van der Waals surface area (Å²) < 4.78 is 0. The lowest BCUT2D eigenvalue weighted by atomic mass is 10.1. The Labute approximate surface area is 157 Å². The van der Waals surface area contributed by atoms with Crippen LogP contribution in [0.2, 0.25) is 5.02 Å². The third-order valence-electron chi connectivity index (χ3n) is 3.73. The Hall–Kier alpha value is -3.10. The zero-order valence-corrected chi connectivity index (χ0v) is 15.1. The first-order valence-corrected chi connectivity index (χ1v) is 8.61. The summed E-state index contributed by atoms with van der Waals surface area (Å²) in [7, 11) is 0. The van der Waals surface area contributed by atoms with Crippen LogP contribution in [-0.2, 0) is 6.42 Å². The molecule has 0 unspecified atom stereocenters. The molecule has 0 atom stereocenters. The average Bonchev–Trinajstić information content (AvgIpc) is 2.62. The molecule has 0 bridgehead atoms. The Morgan fingerprint density at radius 3 is 2.62 bits per heavy atom. The van der Waals surface area contributed by atoms with Crippen molar-refractivity contribution in [1.82, 2.24) is 9.97 Å². The fourth-order valence-electron chi connectivity index (χ4n) is 2.50. The standard InChI is InChI=1S/C20H18ClN5/c1-14-11-19(25-18-7-5-16(13-22)6-8-18)26-20(24-14)23-10-9-15-3-2-4-17(21)12-15/h2-8,11-12H,9-10H2,1H3,(H2,23,24,25,26). The van der Waals surface area contributed by atoms with E-state index in [1.165, 1.54) is 0 Å². The second-order valence-electron chi connectivity index (χ2n) is 5.84. The summed E-state index contributed by atoms with van der Waals surface area (Å²) in [6.07, 6.45) is 0.830. The van der Waals surface area contributed by atoms with Gasteiger partial charge in [0, 0.05) is 29.0 Å². The van der Waals surface area contributed by atoms with E-state index in [1.807, 2.05) is 49.4 Å². The summed E-state index contributed by atoms with van der Waals surface area (Å²) in [6.45, 7) is 2.63. The summed E-state index contributed by atoms with van der Waals surface area (Å²) in [5.74, 6) is 1.27. The number of benzene rings is 2. The van der Waals surface area contributed by atoms with E-state index < -0.39 is 0 Å². The topological polar surface area (TPSA) is 73.6 Å². The van der Waals surface area contributed by atoms with Crippen molar-refractivity contribution in [2.45, 2.75) is 13.3 Å². The largest absolute Gasteiger partial charge is 0.354 e. The molecule has 0 aliphatic carbocycles. The van der Waals surface area contributed by atoms with Crippen molar-refractivity contribution >= 4 is 29.1 Å². The van der Waals surface area contributed by atoms with E-state index in [0.29, 0.717) is 23.9 Å². The number of rotatable bonds is 6. The lowest BCUT2D eigenvalue weighted by molar-refractivity contribution is 0.976. The minimum Gasteiger partial charge on any atom is -0.354 e. The van der Waals surface area contributed by atoms with Crippen molar-refractivity contribution in [2.24, 2.45) is 0 Å². The van der Waals surface area contributed by atoms with Gasteiger partial charge in [0.2, 0.25) is 5.95 Å². The molecule has 3 aromatic rings. The molecule has 0 aliphatic heterocycles. The Balaban J connectivity index is 1.64. The van der Waals surface area contributed by atoms with Gasteiger partial charge in [0.25, 0.3) is 0 Å². The molecule has 1 heterocycles. The predicted octanol–water partition coefficient (Wildman–Crippen LogP) is 4.71. The first-order chi connectivity index (χ1) is 12.6. The Bertz CT molecular complexity index is 932. The van der Waals surface area contributed by atoms with Crippen molar-refractivity contribution in [1.29, 1.82) is 5.26 Å². The van der Waals surface area contributed by atoms with E-state index >= 15 is 0 Å². The number of nitriles is 1. The van der Waals surface area contributed by atoms with Crippen LogP contribution in [0.15, 0.2) is 54.6 Å². The van der Waals surface area contributed by atoms with Crippen LogP contribution >= 0.6 is 11.6 Å². The van der Waals surface area contributed by atoms with Gasteiger partial charge >= 0.3 is 0 Å². The van der Waals surface area contributed by atoms with Crippen LogP contribution in [0.3, 0.4) is 0 Å². The van der Waals surface area contributed by atoms with Gasteiger partial charge < -0.3 is 10.6 Å². The number of aryl methyl sites for hydroxylation is 1. The quantitative estimate of drug-likeness (QED) is 0.663. The molecule has 0 radical (unpaired) electrons. The maximum Gasteiger partial charge on any atom is 0.224 e. The molecule has 0 aliphatic rings. The molecule has 0 amide bonds. The Morgan fingerprint density at radius 1 is 1.08 bits per heavy atom. The Kier molecular flexibility index (Phi) is 5.67. The smallest absolute Gasteiger partial charge is 0.224 e. The molecule has 3 rings (SSSR count). The molecular formula is C20H18ClN5. The number of nitrogens with one attached hydrogen (secondary N) is 2. The van der Waals surface area contributed by atoms with Gasteiger partial charge in [0.15, 0.2) is 0 Å². The number of anilines is 3. The highest BCUT2D eigenvalue weighted by Crippen LogP contribution is 2.17. The van der Waals surface area contributed by atoms with E-state index in [-0.39, 0.29) is 0 Å². The van der Waals surface area contributed by atoms with Gasteiger partial charge in [-0.1, -0.05) is 23.7 Å². The number of hydrogen-bond acceptors (Lipinski definition) is 5. The third-order valence-corrected chi connectivity index (χ3v) is 3.96. The molecule has 0 fully saturated rings. The molecule has 1 aromatic heterocycles. The summed E-state index contributed by atoms with van der Waals surface area (Å²) >= 11 is 6.01. The van der Waals surface area contributed by atoms with E-state index in [4.69, 9.17) is 16.9 Å². The minimum atomic E-state index is 0.572. The van der Waals surface area contributed by atoms with Crippen LogP contribution in [-0.4, -0.2) is 16.5 Å². The van der Waals surface area contributed by atoms with Gasteiger partial charge in [0.05, 0.1) is 11.6 Å². The van der Waals surface area contributed by atoms with Crippen molar-refractivity contribution in [3.63, 3.8) is 0 Å². The second-order valence-corrected chi connectivity index (χ2v) is 6.28. The normalized spacial score (nSPS) is 10.2. The predicted molar refractivity (Wildman–Crippen MR) is 105 cm³/mol. The molecule has 2 N–H and O–H groups in total. The summed E-state index contributed by atoms with van der Waals surface area (Å²) in [4.78, 5) is 8.92. The van der Waals surface area contributed by atoms with Gasteiger partial charge in [-0.25, -0.2) is 4.98 Å². The highest BCUT2D eigenvalue weighted by molar-refractivity contribution is 6.30. The maximum absolute atomic E-state index is 8.86. The maximum atomic E-state index is 8.86. The highest BCUT2D eigenvalue weighted by Gasteiger charge is 2.03. The number of halogens is 1. The molecule has 2 aromatic carbocycles. The monoisotopic (exact) mass is 363 g/mol. The molecule has 5 nitrogen and oxygen atoms in total. The molecule has 0 saturated carbocycles. The van der Waals surface area contributed by atoms with Crippen molar-refractivity contribution in [2.75, 3.05) is 17.2 Å². The van der Waals surface area contributed by atoms with E-state index in [1.54, 1.807) is 12.1 Å². The van der Waals surface area contributed by atoms with E-state index in [0.717, 1.165) is 28.4 Å².